The van der Waals surface area contributed by atoms with Crippen LogP contribution in [0.3, 0.4) is 0 Å². The van der Waals surface area contributed by atoms with E-state index in [0.29, 0.717) is 5.90 Å². The Hall–Kier alpha value is -1.85. The molecule has 0 spiro atoms. The van der Waals surface area contributed by atoms with Crippen LogP contribution in [0.25, 0.3) is 0 Å². The maximum absolute atomic E-state index is 12.7. The standard InChI is InChI=1S/C19H28N3O4P/c1-4-25-18(23)19(3,24)27(21-16-11-7-5-8-12-16)22(20-15(2)26-27)17-13-9-6-10-14-17/h6,9-10,13-14,16,24H,4-5,7-8,11-12H2,1-3H3. The van der Waals surface area contributed by atoms with Gasteiger partial charge in [-0.15, -0.1) is 5.10 Å². The highest BCUT2D eigenvalue weighted by Crippen LogP contribution is 2.68. The van der Waals surface area contributed by atoms with E-state index in [1.54, 1.807) is 18.6 Å². The predicted octanol–water partition coefficient (Wildman–Crippen LogP) is 4.49. The zero-order valence-electron chi connectivity index (χ0n) is 16.2. The number of hydrogen-bond acceptors (Lipinski definition) is 6. The van der Waals surface area contributed by atoms with Crippen molar-refractivity contribution in [3.8, 4) is 0 Å². The molecule has 1 aromatic rings. The summed E-state index contributed by atoms with van der Waals surface area (Å²) >= 11 is 0. The van der Waals surface area contributed by atoms with Crippen LogP contribution in [-0.2, 0) is 14.1 Å². The first-order valence-corrected chi connectivity index (χ1v) is 11.1. The number of carbonyl (C=O) groups is 1. The third-order valence-corrected chi connectivity index (χ3v) is 8.17. The molecule has 7 nitrogen and oxygen atoms in total. The molecule has 2 unspecified atom stereocenters. The van der Waals surface area contributed by atoms with E-state index in [-0.39, 0.29) is 12.6 Å². The normalized spacial score (nSPS) is 25.3. The number of benzene rings is 1. The Morgan fingerprint density at radius 3 is 2.67 bits per heavy atom. The van der Waals surface area contributed by atoms with Gasteiger partial charge in [-0.1, -0.05) is 37.5 Å². The molecular weight excluding hydrogens is 365 g/mol. The van der Waals surface area contributed by atoms with Crippen molar-refractivity contribution in [3.63, 3.8) is 0 Å². The Labute approximate surface area is 160 Å². The number of rotatable bonds is 5. The van der Waals surface area contributed by atoms with Crippen LogP contribution in [0, 0.1) is 0 Å². The molecule has 8 heteroatoms. The number of hydrogen-bond donors (Lipinski definition) is 1. The van der Waals surface area contributed by atoms with E-state index in [4.69, 9.17) is 14.0 Å². The largest absolute Gasteiger partial charge is 0.463 e. The fourth-order valence-electron chi connectivity index (χ4n) is 3.47. The van der Waals surface area contributed by atoms with Crippen molar-refractivity contribution in [1.82, 2.24) is 0 Å². The van der Waals surface area contributed by atoms with Gasteiger partial charge in [0.15, 0.2) is 0 Å². The van der Waals surface area contributed by atoms with E-state index in [0.717, 1.165) is 31.4 Å². The zero-order valence-corrected chi connectivity index (χ0v) is 17.1. The number of carbonyl (C=O) groups excluding carboxylic acids is 1. The van der Waals surface area contributed by atoms with Gasteiger partial charge in [0.05, 0.1) is 18.3 Å². The molecule has 1 heterocycles. The smallest absolute Gasteiger partial charge is 0.349 e. The molecule has 3 rings (SSSR count). The maximum atomic E-state index is 12.7. The first-order valence-electron chi connectivity index (χ1n) is 9.52. The number of nitrogens with zero attached hydrogens (tertiary/aromatic N) is 3. The summed E-state index contributed by atoms with van der Waals surface area (Å²) in [4.78, 5) is 12.7. The lowest BCUT2D eigenvalue weighted by Gasteiger charge is -2.37. The highest BCUT2D eigenvalue weighted by molar-refractivity contribution is 7.66. The van der Waals surface area contributed by atoms with E-state index in [1.807, 2.05) is 30.3 Å². The minimum Gasteiger partial charge on any atom is -0.463 e. The molecule has 2 atom stereocenters. The minimum atomic E-state index is -3.26. The molecule has 0 radical (unpaired) electrons. The third-order valence-electron chi connectivity index (χ3n) is 4.86. The van der Waals surface area contributed by atoms with Gasteiger partial charge in [-0.25, -0.2) is 9.54 Å². The number of hydrazone groups is 1. The lowest BCUT2D eigenvalue weighted by Crippen LogP contribution is -2.41. The molecule has 1 saturated carbocycles. The molecule has 0 amide bonds. The summed E-state index contributed by atoms with van der Waals surface area (Å²) in [5, 5.41) is 14.0. The molecule has 27 heavy (non-hydrogen) atoms. The molecule has 0 aromatic heterocycles. The Kier molecular flexibility index (Phi) is 5.92. The second-order valence-electron chi connectivity index (χ2n) is 7.03. The van der Waals surface area contributed by atoms with Crippen molar-refractivity contribution >= 4 is 25.0 Å². The van der Waals surface area contributed by atoms with Gasteiger partial charge in [0.1, 0.15) is 0 Å². The summed E-state index contributed by atoms with van der Waals surface area (Å²) in [5.74, 6) is -0.347. The van der Waals surface area contributed by atoms with Crippen molar-refractivity contribution in [2.75, 3.05) is 11.4 Å². The second kappa shape index (κ2) is 8.03. The van der Waals surface area contributed by atoms with Crippen LogP contribution in [0.5, 0.6) is 0 Å². The van der Waals surface area contributed by atoms with E-state index >= 15 is 0 Å². The summed E-state index contributed by atoms with van der Waals surface area (Å²) < 4.78 is 17.9. The van der Waals surface area contributed by atoms with Gasteiger partial charge in [-0.3, -0.25) is 0 Å². The summed E-state index contributed by atoms with van der Waals surface area (Å²) in [6, 6.07) is 9.44. The topological polar surface area (TPSA) is 83.7 Å². The Bertz CT molecular complexity index is 757. The van der Waals surface area contributed by atoms with Gasteiger partial charge in [-0.05, 0) is 38.8 Å². The van der Waals surface area contributed by atoms with Crippen LogP contribution in [0.1, 0.15) is 52.9 Å². The highest BCUT2D eigenvalue weighted by atomic mass is 31.2. The number of aliphatic hydroxyl groups is 1. The van der Waals surface area contributed by atoms with Crippen molar-refractivity contribution in [1.29, 1.82) is 0 Å². The van der Waals surface area contributed by atoms with Gasteiger partial charge in [0.2, 0.25) is 11.2 Å². The Morgan fingerprint density at radius 1 is 1.37 bits per heavy atom. The Balaban J connectivity index is 2.15. The van der Waals surface area contributed by atoms with Crippen molar-refractivity contribution in [2.24, 2.45) is 9.85 Å². The lowest BCUT2D eigenvalue weighted by atomic mass is 9.97. The summed E-state index contributed by atoms with van der Waals surface area (Å²) in [6.45, 7) is 5.04. The second-order valence-corrected chi connectivity index (χ2v) is 9.78. The van der Waals surface area contributed by atoms with Gasteiger partial charge in [0.25, 0.3) is 7.43 Å². The van der Waals surface area contributed by atoms with Crippen LogP contribution < -0.4 is 4.78 Å². The lowest BCUT2D eigenvalue weighted by molar-refractivity contribution is -0.155. The molecule has 0 saturated heterocycles. The quantitative estimate of drug-likeness (QED) is 0.588. The monoisotopic (exact) mass is 393 g/mol. The van der Waals surface area contributed by atoms with Crippen LogP contribution >= 0.6 is 7.43 Å². The average molecular weight is 393 g/mol. The maximum Gasteiger partial charge on any atom is 0.349 e. The fourth-order valence-corrected chi connectivity index (χ4v) is 6.54. The minimum absolute atomic E-state index is 0.0281. The van der Waals surface area contributed by atoms with E-state index in [1.165, 1.54) is 13.3 Å². The zero-order chi connectivity index (χ0) is 19.5. The van der Waals surface area contributed by atoms with Crippen LogP contribution in [0.2, 0.25) is 0 Å². The van der Waals surface area contributed by atoms with E-state index < -0.39 is 18.7 Å². The molecule has 1 aliphatic heterocycles. The summed E-state index contributed by atoms with van der Waals surface area (Å²) in [6.07, 6.45) is 5.20. The summed E-state index contributed by atoms with van der Waals surface area (Å²) in [7, 11) is -3.26. The number of esters is 1. The molecule has 1 aromatic carbocycles. The summed E-state index contributed by atoms with van der Waals surface area (Å²) in [5.41, 5.74) is 0.729. The Morgan fingerprint density at radius 2 is 2.04 bits per heavy atom. The third kappa shape index (κ3) is 3.76. The van der Waals surface area contributed by atoms with E-state index in [2.05, 4.69) is 5.10 Å². The molecule has 1 fully saturated rings. The number of ether oxygens (including phenoxy) is 1. The van der Waals surface area contributed by atoms with Crippen molar-refractivity contribution in [2.45, 2.75) is 64.3 Å². The van der Waals surface area contributed by atoms with Gasteiger partial charge in [-0.2, -0.15) is 4.78 Å². The predicted molar refractivity (Wildman–Crippen MR) is 107 cm³/mol. The molecule has 1 N–H and O–H groups in total. The SMILES string of the molecule is CCOC(=O)C(C)(O)P1(=NC2CCCCC2)OC(C)=NN1c1ccccc1. The molecule has 2 aliphatic rings. The van der Waals surface area contributed by atoms with Crippen LogP contribution in [0.15, 0.2) is 40.2 Å². The first kappa shape index (κ1) is 19.9. The molecule has 1 aliphatic carbocycles. The van der Waals surface area contributed by atoms with Crippen LogP contribution in [-0.4, -0.2) is 35.0 Å². The van der Waals surface area contributed by atoms with E-state index in [9.17, 15) is 9.90 Å². The van der Waals surface area contributed by atoms with Gasteiger partial charge < -0.3 is 14.4 Å². The van der Waals surface area contributed by atoms with Gasteiger partial charge >= 0.3 is 5.97 Å². The number of para-hydroxylation sites is 1. The van der Waals surface area contributed by atoms with Crippen LogP contribution in [0.4, 0.5) is 5.69 Å². The molecular formula is C19H28N3O4P. The van der Waals surface area contributed by atoms with Gasteiger partial charge in [0, 0.05) is 6.92 Å². The molecule has 148 valence electrons. The first-order chi connectivity index (χ1) is 12.9. The van der Waals surface area contributed by atoms with Crippen molar-refractivity contribution < 1.29 is 19.2 Å². The number of anilines is 1. The average Bonchev–Trinajstić information content (AvgIpc) is 3.01. The highest BCUT2D eigenvalue weighted by Gasteiger charge is 2.58. The van der Waals surface area contributed by atoms with Crippen molar-refractivity contribution in [3.05, 3.63) is 30.3 Å². The molecule has 0 bridgehead atoms. The fraction of sp³-hybridized carbons (Fsp3) is 0.579.